The first-order valence-electron chi connectivity index (χ1n) is 7.68. The van der Waals surface area contributed by atoms with E-state index in [2.05, 4.69) is 15.0 Å². The zero-order valence-corrected chi connectivity index (χ0v) is 14.1. The summed E-state index contributed by atoms with van der Waals surface area (Å²) in [5.41, 5.74) is 4.50. The van der Waals surface area contributed by atoms with Crippen molar-refractivity contribution < 1.29 is 32.6 Å². The number of nitrogens with zero attached hydrogens (tertiary/aromatic N) is 1. The maximum atomic E-state index is 14.2. The summed E-state index contributed by atoms with van der Waals surface area (Å²) in [7, 11) is 0. The molecule has 0 aliphatic rings. The maximum Gasteiger partial charge on any atom is 0.315 e. The van der Waals surface area contributed by atoms with Crippen LogP contribution in [0, 0.1) is 11.6 Å². The molecule has 8 nitrogen and oxygen atoms in total. The number of aromatic nitrogens is 1. The van der Waals surface area contributed by atoms with Crippen molar-refractivity contribution in [2.75, 3.05) is 11.9 Å². The fourth-order valence-electron chi connectivity index (χ4n) is 1.98. The summed E-state index contributed by atoms with van der Waals surface area (Å²) in [6, 6.07) is 3.89. The van der Waals surface area contributed by atoms with E-state index in [9.17, 15) is 23.2 Å². The highest BCUT2D eigenvalue weighted by atomic mass is 19.1. The summed E-state index contributed by atoms with van der Waals surface area (Å²) in [6.07, 6.45) is 0.577. The van der Waals surface area contributed by atoms with Gasteiger partial charge in [-0.05, 0) is 13.0 Å². The average molecular weight is 379 g/mol. The molecule has 0 spiro atoms. The first-order valence-corrected chi connectivity index (χ1v) is 7.68. The summed E-state index contributed by atoms with van der Waals surface area (Å²) >= 11 is 0. The molecule has 0 atom stereocenters. The van der Waals surface area contributed by atoms with Gasteiger partial charge < -0.3 is 20.5 Å². The number of nitrogens with one attached hydrogen (secondary N) is 1. The summed E-state index contributed by atoms with van der Waals surface area (Å²) in [5, 5.41) is 2.07. The van der Waals surface area contributed by atoms with Crippen LogP contribution in [0.3, 0.4) is 0 Å². The predicted molar refractivity (Wildman–Crippen MR) is 89.1 cm³/mol. The van der Waals surface area contributed by atoms with Gasteiger partial charge in [-0.2, -0.15) is 0 Å². The van der Waals surface area contributed by atoms with Gasteiger partial charge >= 0.3 is 5.97 Å². The lowest BCUT2D eigenvalue weighted by molar-refractivity contribution is -0.145. The van der Waals surface area contributed by atoms with E-state index in [1.54, 1.807) is 6.92 Å². The number of benzene rings is 1. The molecule has 1 aromatic heterocycles. The summed E-state index contributed by atoms with van der Waals surface area (Å²) in [6.45, 7) is 1.66. The fraction of sp³-hybridized carbons (Fsp3) is 0.176. The lowest BCUT2D eigenvalue weighted by Gasteiger charge is -2.11. The van der Waals surface area contributed by atoms with Crippen molar-refractivity contribution in [2.24, 2.45) is 5.73 Å². The number of hydrogen-bond donors (Lipinski definition) is 2. The van der Waals surface area contributed by atoms with Crippen molar-refractivity contribution in [3.63, 3.8) is 0 Å². The molecule has 1 heterocycles. The Morgan fingerprint density at radius 2 is 1.93 bits per heavy atom. The Morgan fingerprint density at radius 1 is 1.19 bits per heavy atom. The van der Waals surface area contributed by atoms with Crippen LogP contribution >= 0.6 is 0 Å². The second-order valence-corrected chi connectivity index (χ2v) is 5.14. The third kappa shape index (κ3) is 5.46. The number of esters is 1. The number of halogens is 2. The Hall–Kier alpha value is -3.56. The van der Waals surface area contributed by atoms with E-state index in [0.717, 1.165) is 6.07 Å². The molecular weight excluding hydrogens is 364 g/mol. The summed E-state index contributed by atoms with van der Waals surface area (Å²) in [5.74, 6) is -4.92. The second kappa shape index (κ2) is 8.70. The van der Waals surface area contributed by atoms with Crippen molar-refractivity contribution >= 4 is 23.5 Å². The highest BCUT2D eigenvalue weighted by molar-refractivity contribution is 6.02. The van der Waals surface area contributed by atoms with E-state index < -0.39 is 47.3 Å². The van der Waals surface area contributed by atoms with Crippen molar-refractivity contribution in [3.05, 3.63) is 47.8 Å². The number of carbonyl (C=O) groups is 3. The first-order chi connectivity index (χ1) is 12.8. The Kier molecular flexibility index (Phi) is 6.36. The largest absolute Gasteiger partial charge is 0.466 e. The van der Waals surface area contributed by atoms with Crippen LogP contribution in [0.25, 0.3) is 0 Å². The number of primary amides is 1. The molecule has 0 unspecified atom stereocenters. The number of carbonyl (C=O) groups excluding carboxylic acids is 3. The molecule has 1 aromatic carbocycles. The summed E-state index contributed by atoms with van der Waals surface area (Å²) < 4.78 is 38.1. The molecule has 0 aliphatic heterocycles. The highest BCUT2D eigenvalue weighted by Gasteiger charge is 2.16. The van der Waals surface area contributed by atoms with Gasteiger partial charge in [0.05, 0.1) is 12.3 Å². The molecule has 2 rings (SSSR count). The first kappa shape index (κ1) is 19.8. The molecule has 27 heavy (non-hydrogen) atoms. The molecule has 10 heteroatoms. The Balaban J connectivity index is 2.14. The molecule has 0 bridgehead atoms. The lowest BCUT2D eigenvalue weighted by Crippen LogP contribution is -2.19. The van der Waals surface area contributed by atoms with E-state index in [1.807, 2.05) is 0 Å². The Morgan fingerprint density at radius 3 is 2.59 bits per heavy atom. The van der Waals surface area contributed by atoms with E-state index in [-0.39, 0.29) is 18.1 Å². The van der Waals surface area contributed by atoms with Gasteiger partial charge in [-0.1, -0.05) is 0 Å². The number of ether oxygens (including phenoxy) is 2. The van der Waals surface area contributed by atoms with Crippen molar-refractivity contribution in [3.8, 4) is 11.5 Å². The minimum atomic E-state index is -0.993. The van der Waals surface area contributed by atoms with Gasteiger partial charge in [-0.3, -0.25) is 19.4 Å². The predicted octanol–water partition coefficient (Wildman–Crippen LogP) is 2.14. The van der Waals surface area contributed by atoms with Gasteiger partial charge in [0.25, 0.3) is 5.91 Å². The van der Waals surface area contributed by atoms with Gasteiger partial charge in [-0.25, -0.2) is 8.78 Å². The number of nitrogens with two attached hydrogens (primary N) is 1. The van der Waals surface area contributed by atoms with Crippen molar-refractivity contribution in [2.45, 2.75) is 13.3 Å². The standard InChI is InChI=1S/C17H15F2N3O5/c1-2-26-16(24)8-15(23)22-12-6-11(19)14(7-10(12)18)27-9-3-4-21-13(5-9)17(20)25/h3-7H,2,8H2,1H3,(H2,20,25)(H,22,23). The van der Waals surface area contributed by atoms with Gasteiger partial charge in [0, 0.05) is 24.4 Å². The molecule has 0 aliphatic carbocycles. The molecular formula is C17H15F2N3O5. The number of amides is 2. The van der Waals surface area contributed by atoms with Crippen LogP contribution in [-0.2, 0) is 14.3 Å². The molecule has 3 N–H and O–H groups in total. The third-order valence-electron chi connectivity index (χ3n) is 3.12. The van der Waals surface area contributed by atoms with Gasteiger partial charge in [0.2, 0.25) is 5.91 Å². The molecule has 142 valence electrons. The third-order valence-corrected chi connectivity index (χ3v) is 3.12. The van der Waals surface area contributed by atoms with Crippen LogP contribution in [0.5, 0.6) is 11.5 Å². The van der Waals surface area contributed by atoms with Gasteiger partial charge in [0.1, 0.15) is 17.9 Å². The topological polar surface area (TPSA) is 121 Å². The van der Waals surface area contributed by atoms with Crippen LogP contribution in [0.1, 0.15) is 23.8 Å². The number of rotatable bonds is 7. The zero-order valence-electron chi connectivity index (χ0n) is 14.1. The zero-order chi connectivity index (χ0) is 20.0. The van der Waals surface area contributed by atoms with E-state index in [1.165, 1.54) is 12.3 Å². The normalized spacial score (nSPS) is 10.2. The van der Waals surface area contributed by atoms with Crippen molar-refractivity contribution in [1.82, 2.24) is 4.98 Å². The SMILES string of the molecule is CCOC(=O)CC(=O)Nc1cc(F)c(Oc2ccnc(C(N)=O)c2)cc1F. The summed E-state index contributed by atoms with van der Waals surface area (Å²) in [4.78, 5) is 37.7. The van der Waals surface area contributed by atoms with Gasteiger partial charge in [-0.15, -0.1) is 0 Å². The minimum Gasteiger partial charge on any atom is -0.466 e. The molecule has 2 aromatic rings. The molecule has 2 amide bonds. The number of hydrogen-bond acceptors (Lipinski definition) is 6. The average Bonchev–Trinajstić information content (AvgIpc) is 2.59. The van der Waals surface area contributed by atoms with E-state index >= 15 is 0 Å². The molecule has 0 saturated carbocycles. The highest BCUT2D eigenvalue weighted by Crippen LogP contribution is 2.29. The van der Waals surface area contributed by atoms with Crippen LogP contribution in [0.15, 0.2) is 30.5 Å². The molecule has 0 radical (unpaired) electrons. The van der Waals surface area contributed by atoms with Crippen LogP contribution in [0.4, 0.5) is 14.5 Å². The second-order valence-electron chi connectivity index (χ2n) is 5.14. The maximum absolute atomic E-state index is 14.2. The smallest absolute Gasteiger partial charge is 0.315 e. The number of pyridine rings is 1. The Labute approximate surface area is 152 Å². The Bertz CT molecular complexity index is 889. The monoisotopic (exact) mass is 379 g/mol. The van der Waals surface area contributed by atoms with E-state index in [4.69, 9.17) is 10.5 Å². The molecule has 0 fully saturated rings. The quantitative estimate of drug-likeness (QED) is 0.562. The van der Waals surface area contributed by atoms with Gasteiger partial charge in [0.15, 0.2) is 17.4 Å². The van der Waals surface area contributed by atoms with E-state index in [0.29, 0.717) is 12.1 Å². The molecule has 0 saturated heterocycles. The van der Waals surface area contributed by atoms with Crippen LogP contribution in [-0.4, -0.2) is 29.4 Å². The van der Waals surface area contributed by atoms with Crippen LogP contribution < -0.4 is 15.8 Å². The minimum absolute atomic E-state index is 0.0104. The number of anilines is 1. The lowest BCUT2D eigenvalue weighted by atomic mass is 10.2. The van der Waals surface area contributed by atoms with Crippen LogP contribution in [0.2, 0.25) is 0 Å². The fourth-order valence-corrected chi connectivity index (χ4v) is 1.98. The van der Waals surface area contributed by atoms with Crippen molar-refractivity contribution in [1.29, 1.82) is 0 Å².